The fraction of sp³-hybridized carbons (Fsp3) is 0.308. The molecule has 3 rings (SSSR count). The minimum atomic E-state index is -0.259. The van der Waals surface area contributed by atoms with Crippen LogP contribution < -0.4 is 5.73 Å². The molecule has 3 nitrogen and oxygen atoms in total. The zero-order chi connectivity index (χ0) is 11.2. The standard InChI is InChI=1S/C13H14N2O/c14-8-13(5-6-13)12(16)10-7-15-11-4-2-1-3-9(10)11/h1-4,7,15H,5-6,8,14H2. The van der Waals surface area contributed by atoms with E-state index in [4.69, 9.17) is 5.73 Å². The maximum Gasteiger partial charge on any atom is 0.172 e. The minimum Gasteiger partial charge on any atom is -0.360 e. The number of nitrogens with one attached hydrogen (secondary N) is 1. The van der Waals surface area contributed by atoms with Gasteiger partial charge in [-0.05, 0) is 18.9 Å². The van der Waals surface area contributed by atoms with Crippen molar-refractivity contribution in [3.05, 3.63) is 36.0 Å². The molecule has 0 bridgehead atoms. The Hall–Kier alpha value is -1.61. The van der Waals surface area contributed by atoms with Crippen molar-refractivity contribution in [3.63, 3.8) is 0 Å². The fourth-order valence-electron chi connectivity index (χ4n) is 2.22. The van der Waals surface area contributed by atoms with Crippen molar-refractivity contribution in [3.8, 4) is 0 Å². The molecule has 1 aromatic heterocycles. The molecule has 1 aromatic carbocycles. The van der Waals surface area contributed by atoms with Crippen LogP contribution >= 0.6 is 0 Å². The first-order valence-electron chi connectivity index (χ1n) is 5.58. The van der Waals surface area contributed by atoms with Gasteiger partial charge in [0.2, 0.25) is 0 Å². The SMILES string of the molecule is NCC1(C(=O)c2c[nH]c3ccccc23)CC1. The van der Waals surface area contributed by atoms with Crippen LogP contribution in [-0.4, -0.2) is 17.3 Å². The van der Waals surface area contributed by atoms with Crippen LogP contribution in [0, 0.1) is 5.41 Å². The second kappa shape index (κ2) is 3.19. The molecule has 1 fully saturated rings. The molecular weight excluding hydrogens is 200 g/mol. The predicted octanol–water partition coefficient (Wildman–Crippen LogP) is 2.09. The third-order valence-corrected chi connectivity index (χ3v) is 3.56. The summed E-state index contributed by atoms with van der Waals surface area (Å²) >= 11 is 0. The Morgan fingerprint density at radius 2 is 2.12 bits per heavy atom. The van der Waals surface area contributed by atoms with E-state index in [-0.39, 0.29) is 11.2 Å². The molecule has 82 valence electrons. The first kappa shape index (κ1) is 9.60. The van der Waals surface area contributed by atoms with Gasteiger partial charge in [-0.15, -0.1) is 0 Å². The van der Waals surface area contributed by atoms with Crippen LogP contribution in [0.2, 0.25) is 0 Å². The predicted molar refractivity (Wildman–Crippen MR) is 63.4 cm³/mol. The smallest absolute Gasteiger partial charge is 0.172 e. The van der Waals surface area contributed by atoms with Gasteiger partial charge in [0.05, 0.1) is 0 Å². The van der Waals surface area contributed by atoms with Gasteiger partial charge in [0, 0.05) is 34.6 Å². The number of carbonyl (C=O) groups is 1. The van der Waals surface area contributed by atoms with Gasteiger partial charge in [-0.2, -0.15) is 0 Å². The highest BCUT2D eigenvalue weighted by Gasteiger charge is 2.49. The molecule has 3 heteroatoms. The number of fused-ring (bicyclic) bond motifs is 1. The van der Waals surface area contributed by atoms with Crippen molar-refractivity contribution in [1.29, 1.82) is 0 Å². The van der Waals surface area contributed by atoms with Crippen molar-refractivity contribution in [2.75, 3.05) is 6.54 Å². The van der Waals surface area contributed by atoms with Gasteiger partial charge in [-0.1, -0.05) is 18.2 Å². The molecule has 3 N–H and O–H groups in total. The van der Waals surface area contributed by atoms with Crippen LogP contribution in [0.3, 0.4) is 0 Å². The molecule has 1 heterocycles. The van der Waals surface area contributed by atoms with Gasteiger partial charge in [0.1, 0.15) is 0 Å². The summed E-state index contributed by atoms with van der Waals surface area (Å²) in [6.07, 6.45) is 3.67. The number of ketones is 1. The van der Waals surface area contributed by atoms with E-state index in [0.717, 1.165) is 29.3 Å². The third kappa shape index (κ3) is 1.21. The Labute approximate surface area is 93.6 Å². The largest absolute Gasteiger partial charge is 0.360 e. The second-order valence-corrected chi connectivity index (χ2v) is 4.56. The number of nitrogens with two attached hydrogens (primary N) is 1. The maximum absolute atomic E-state index is 12.3. The molecule has 1 aliphatic carbocycles. The number of aromatic amines is 1. The van der Waals surface area contributed by atoms with Crippen molar-refractivity contribution in [2.24, 2.45) is 11.1 Å². The first-order valence-corrected chi connectivity index (χ1v) is 5.58. The van der Waals surface area contributed by atoms with E-state index in [2.05, 4.69) is 4.98 Å². The number of rotatable bonds is 3. The third-order valence-electron chi connectivity index (χ3n) is 3.56. The fourth-order valence-corrected chi connectivity index (χ4v) is 2.22. The van der Waals surface area contributed by atoms with Gasteiger partial charge in [0.25, 0.3) is 0 Å². The van der Waals surface area contributed by atoms with Crippen LogP contribution in [-0.2, 0) is 0 Å². The van der Waals surface area contributed by atoms with Gasteiger partial charge < -0.3 is 10.7 Å². The van der Waals surface area contributed by atoms with Crippen molar-refractivity contribution < 1.29 is 4.79 Å². The van der Waals surface area contributed by atoms with E-state index in [1.54, 1.807) is 0 Å². The highest BCUT2D eigenvalue weighted by atomic mass is 16.1. The van der Waals surface area contributed by atoms with Crippen LogP contribution in [0.5, 0.6) is 0 Å². The lowest BCUT2D eigenvalue weighted by atomic mass is 9.94. The Bertz CT molecular complexity index is 552. The lowest BCUT2D eigenvalue weighted by molar-refractivity contribution is 0.0907. The van der Waals surface area contributed by atoms with Crippen molar-refractivity contribution >= 4 is 16.7 Å². The number of H-pyrrole nitrogens is 1. The first-order chi connectivity index (χ1) is 7.77. The molecule has 0 radical (unpaired) electrons. The monoisotopic (exact) mass is 214 g/mol. The molecule has 0 unspecified atom stereocenters. The Balaban J connectivity index is 2.10. The van der Waals surface area contributed by atoms with Gasteiger partial charge >= 0.3 is 0 Å². The summed E-state index contributed by atoms with van der Waals surface area (Å²) in [7, 11) is 0. The maximum atomic E-state index is 12.3. The van der Waals surface area contributed by atoms with E-state index in [9.17, 15) is 4.79 Å². The molecule has 0 spiro atoms. The summed E-state index contributed by atoms with van der Waals surface area (Å²) in [5, 5.41) is 1.01. The molecule has 2 aromatic rings. The molecule has 0 aliphatic heterocycles. The van der Waals surface area contributed by atoms with Crippen LogP contribution in [0.25, 0.3) is 10.9 Å². The minimum absolute atomic E-state index is 0.201. The van der Waals surface area contributed by atoms with E-state index < -0.39 is 0 Å². The van der Waals surface area contributed by atoms with Crippen LogP contribution in [0.15, 0.2) is 30.5 Å². The lowest BCUT2D eigenvalue weighted by Gasteiger charge is -2.09. The number of Topliss-reactive ketones (excluding diaryl/α,β-unsaturated/α-hetero) is 1. The summed E-state index contributed by atoms with van der Waals surface area (Å²) < 4.78 is 0. The van der Waals surface area contributed by atoms with Crippen molar-refractivity contribution in [1.82, 2.24) is 4.98 Å². The highest BCUT2D eigenvalue weighted by molar-refractivity contribution is 6.11. The van der Waals surface area contributed by atoms with Gasteiger partial charge in [-0.3, -0.25) is 4.79 Å². The topological polar surface area (TPSA) is 58.9 Å². The number of hydrogen-bond acceptors (Lipinski definition) is 2. The molecular formula is C13H14N2O. The number of benzene rings is 1. The van der Waals surface area contributed by atoms with E-state index >= 15 is 0 Å². The molecule has 1 aliphatic rings. The van der Waals surface area contributed by atoms with Crippen LogP contribution in [0.1, 0.15) is 23.2 Å². The summed E-state index contributed by atoms with van der Waals surface area (Å²) in [5.74, 6) is 0.201. The van der Waals surface area contributed by atoms with E-state index in [0.29, 0.717) is 6.54 Å². The second-order valence-electron chi connectivity index (χ2n) is 4.56. The number of para-hydroxylation sites is 1. The summed E-state index contributed by atoms with van der Waals surface area (Å²) in [4.78, 5) is 15.5. The van der Waals surface area contributed by atoms with Gasteiger partial charge in [-0.25, -0.2) is 0 Å². The number of hydrogen-bond donors (Lipinski definition) is 2. The van der Waals surface area contributed by atoms with E-state index in [1.165, 1.54) is 0 Å². The Morgan fingerprint density at radius 3 is 2.81 bits per heavy atom. The van der Waals surface area contributed by atoms with Crippen LogP contribution in [0.4, 0.5) is 0 Å². The Kier molecular flexibility index (Phi) is 1.91. The Morgan fingerprint density at radius 1 is 1.38 bits per heavy atom. The summed E-state index contributed by atoms with van der Waals surface area (Å²) in [6.45, 7) is 0.464. The number of carbonyl (C=O) groups excluding carboxylic acids is 1. The molecule has 0 amide bonds. The van der Waals surface area contributed by atoms with E-state index in [1.807, 2.05) is 30.5 Å². The lowest BCUT2D eigenvalue weighted by Crippen LogP contribution is -2.25. The summed E-state index contributed by atoms with van der Waals surface area (Å²) in [5.41, 5.74) is 7.23. The van der Waals surface area contributed by atoms with Gasteiger partial charge in [0.15, 0.2) is 5.78 Å². The number of aromatic nitrogens is 1. The average Bonchev–Trinajstić information content (AvgIpc) is 3.02. The highest BCUT2D eigenvalue weighted by Crippen LogP contribution is 2.47. The zero-order valence-electron chi connectivity index (χ0n) is 8.99. The normalized spacial score (nSPS) is 17.6. The molecule has 1 saturated carbocycles. The summed E-state index contributed by atoms with van der Waals surface area (Å²) in [6, 6.07) is 7.87. The molecule has 0 atom stereocenters. The average molecular weight is 214 g/mol. The quantitative estimate of drug-likeness (QED) is 0.768. The molecule has 16 heavy (non-hydrogen) atoms. The zero-order valence-corrected chi connectivity index (χ0v) is 8.99. The molecule has 0 saturated heterocycles. The van der Waals surface area contributed by atoms with Crippen molar-refractivity contribution in [2.45, 2.75) is 12.8 Å².